The van der Waals surface area contributed by atoms with Crippen LogP contribution in [-0.2, 0) is 14.8 Å². The summed E-state index contributed by atoms with van der Waals surface area (Å²) in [7, 11) is -4.18. The van der Waals surface area contributed by atoms with Crippen LogP contribution in [0.25, 0.3) is 0 Å². The minimum Gasteiger partial charge on any atom is -0.432 e. The standard InChI is InChI=1S/C13H12N2O6S/c1-3-13(4-2)9-14(12(16)21-13)22(19,20)11-7-5-10(6-8-11)15(17)18/h3-8H,1-2,9H2. The summed E-state index contributed by atoms with van der Waals surface area (Å²) >= 11 is 0. The molecule has 116 valence electrons. The van der Waals surface area contributed by atoms with Crippen LogP contribution in [0, 0.1) is 10.1 Å². The van der Waals surface area contributed by atoms with Crippen LogP contribution < -0.4 is 0 Å². The predicted octanol–water partition coefficient (Wildman–Crippen LogP) is 1.85. The maximum absolute atomic E-state index is 12.4. The summed E-state index contributed by atoms with van der Waals surface area (Å²) in [5.74, 6) is 0. The number of cyclic esters (lactones) is 1. The second-order valence-electron chi connectivity index (χ2n) is 4.49. The van der Waals surface area contributed by atoms with Crippen LogP contribution in [0.4, 0.5) is 10.5 Å². The zero-order valence-electron chi connectivity index (χ0n) is 11.3. The van der Waals surface area contributed by atoms with Gasteiger partial charge in [0.1, 0.15) is 0 Å². The van der Waals surface area contributed by atoms with Gasteiger partial charge in [-0.2, -0.15) is 4.31 Å². The molecular weight excluding hydrogens is 312 g/mol. The van der Waals surface area contributed by atoms with Gasteiger partial charge in [-0.05, 0) is 24.3 Å². The van der Waals surface area contributed by atoms with Crippen molar-refractivity contribution in [1.29, 1.82) is 0 Å². The van der Waals surface area contributed by atoms with Gasteiger partial charge in [-0.1, -0.05) is 13.2 Å². The summed E-state index contributed by atoms with van der Waals surface area (Å²) in [6.45, 7) is 6.70. The Balaban J connectivity index is 2.38. The van der Waals surface area contributed by atoms with E-state index in [0.29, 0.717) is 4.31 Å². The molecule has 2 rings (SSSR count). The first-order valence-corrected chi connectivity index (χ1v) is 7.47. The van der Waals surface area contributed by atoms with Crippen molar-refractivity contribution in [2.24, 2.45) is 0 Å². The number of rotatable bonds is 5. The van der Waals surface area contributed by atoms with Crippen LogP contribution in [0.3, 0.4) is 0 Å². The van der Waals surface area contributed by atoms with Crippen LogP contribution in [0.5, 0.6) is 0 Å². The van der Waals surface area contributed by atoms with E-state index in [0.717, 1.165) is 24.3 Å². The van der Waals surface area contributed by atoms with E-state index in [2.05, 4.69) is 13.2 Å². The average molecular weight is 324 g/mol. The van der Waals surface area contributed by atoms with Crippen molar-refractivity contribution in [3.8, 4) is 0 Å². The fourth-order valence-corrected chi connectivity index (χ4v) is 3.22. The molecule has 0 radical (unpaired) electrons. The van der Waals surface area contributed by atoms with Crippen LogP contribution in [0.1, 0.15) is 0 Å². The van der Waals surface area contributed by atoms with E-state index in [1.54, 1.807) is 0 Å². The van der Waals surface area contributed by atoms with E-state index in [1.807, 2.05) is 0 Å². The Kier molecular flexibility index (Phi) is 3.76. The molecule has 1 aromatic carbocycles. The van der Waals surface area contributed by atoms with Crippen LogP contribution in [-0.4, -0.2) is 35.9 Å². The van der Waals surface area contributed by atoms with E-state index in [1.165, 1.54) is 12.2 Å². The molecule has 0 bridgehead atoms. The SMILES string of the molecule is C=CC1(C=C)CN(S(=O)(=O)c2ccc([N+](=O)[O-])cc2)C(=O)O1. The first-order valence-electron chi connectivity index (χ1n) is 6.03. The van der Waals surface area contributed by atoms with Crippen LogP contribution in [0.15, 0.2) is 54.5 Å². The number of nitro groups is 1. The molecule has 1 amide bonds. The second-order valence-corrected chi connectivity index (χ2v) is 6.36. The zero-order chi connectivity index (χ0) is 16.5. The number of carbonyl (C=O) groups excluding carboxylic acids is 1. The van der Waals surface area contributed by atoms with E-state index >= 15 is 0 Å². The van der Waals surface area contributed by atoms with Gasteiger partial charge >= 0.3 is 6.09 Å². The van der Waals surface area contributed by atoms with Gasteiger partial charge in [0.15, 0.2) is 5.60 Å². The number of nitrogens with zero attached hydrogens (tertiary/aromatic N) is 2. The number of hydrogen-bond acceptors (Lipinski definition) is 6. The molecule has 0 aromatic heterocycles. The molecule has 0 atom stereocenters. The number of benzene rings is 1. The second kappa shape index (κ2) is 5.26. The normalized spacial score (nSPS) is 16.9. The molecule has 1 heterocycles. The number of nitro benzene ring substituents is 1. The van der Waals surface area contributed by atoms with Crippen molar-refractivity contribution < 1.29 is 22.9 Å². The topological polar surface area (TPSA) is 107 Å². The fourth-order valence-electron chi connectivity index (χ4n) is 1.88. The molecule has 0 unspecified atom stereocenters. The van der Waals surface area contributed by atoms with Crippen LogP contribution in [0.2, 0.25) is 0 Å². The first kappa shape index (κ1) is 15.7. The number of ether oxygens (including phenoxy) is 1. The Morgan fingerprint density at radius 3 is 2.23 bits per heavy atom. The molecule has 1 aromatic rings. The highest BCUT2D eigenvalue weighted by Crippen LogP contribution is 2.30. The van der Waals surface area contributed by atoms with Crippen molar-refractivity contribution >= 4 is 21.8 Å². The van der Waals surface area contributed by atoms with Crippen molar-refractivity contribution in [2.75, 3.05) is 6.54 Å². The molecule has 1 fully saturated rings. The maximum Gasteiger partial charge on any atom is 0.425 e. The molecule has 0 N–H and O–H groups in total. The van der Waals surface area contributed by atoms with E-state index in [9.17, 15) is 23.3 Å². The van der Waals surface area contributed by atoms with Crippen molar-refractivity contribution in [2.45, 2.75) is 10.5 Å². The Labute approximate surface area is 126 Å². The quantitative estimate of drug-likeness (QED) is 0.465. The molecule has 1 saturated heterocycles. The third-order valence-corrected chi connectivity index (χ3v) is 4.92. The van der Waals surface area contributed by atoms with Crippen molar-refractivity contribution in [3.05, 3.63) is 59.7 Å². The average Bonchev–Trinajstić information content (AvgIpc) is 2.86. The Morgan fingerprint density at radius 1 is 1.27 bits per heavy atom. The highest BCUT2D eigenvalue weighted by atomic mass is 32.2. The van der Waals surface area contributed by atoms with Gasteiger partial charge in [0.25, 0.3) is 15.7 Å². The van der Waals surface area contributed by atoms with E-state index in [4.69, 9.17) is 4.74 Å². The Bertz CT molecular complexity index is 745. The Morgan fingerprint density at radius 2 is 1.82 bits per heavy atom. The molecule has 1 aliphatic heterocycles. The molecular formula is C13H12N2O6S. The monoisotopic (exact) mass is 324 g/mol. The summed E-state index contributed by atoms with van der Waals surface area (Å²) in [5.41, 5.74) is -1.54. The third-order valence-electron chi connectivity index (χ3n) is 3.20. The lowest BCUT2D eigenvalue weighted by Crippen LogP contribution is -2.34. The number of sulfonamides is 1. The lowest BCUT2D eigenvalue weighted by Gasteiger charge is -2.17. The van der Waals surface area contributed by atoms with E-state index in [-0.39, 0.29) is 17.1 Å². The summed E-state index contributed by atoms with van der Waals surface area (Å²) < 4.78 is 30.4. The lowest BCUT2D eigenvalue weighted by molar-refractivity contribution is -0.384. The number of non-ortho nitro benzene ring substituents is 1. The van der Waals surface area contributed by atoms with Crippen molar-refractivity contribution in [1.82, 2.24) is 4.31 Å². The summed E-state index contributed by atoms with van der Waals surface area (Å²) in [6, 6.07) is 4.20. The molecule has 0 saturated carbocycles. The smallest absolute Gasteiger partial charge is 0.425 e. The lowest BCUT2D eigenvalue weighted by atomic mass is 10.1. The molecule has 9 heteroatoms. The predicted molar refractivity (Wildman–Crippen MR) is 76.6 cm³/mol. The van der Waals surface area contributed by atoms with Gasteiger partial charge in [-0.15, -0.1) is 0 Å². The number of hydrogen-bond donors (Lipinski definition) is 0. The van der Waals surface area contributed by atoms with Crippen molar-refractivity contribution in [3.63, 3.8) is 0 Å². The maximum atomic E-state index is 12.4. The summed E-state index contributed by atoms with van der Waals surface area (Å²) in [4.78, 5) is 21.5. The van der Waals surface area contributed by atoms with Gasteiger partial charge in [-0.25, -0.2) is 13.2 Å². The highest BCUT2D eigenvalue weighted by molar-refractivity contribution is 7.89. The van der Waals surface area contributed by atoms with Crippen LogP contribution >= 0.6 is 0 Å². The summed E-state index contributed by atoms with van der Waals surface area (Å²) in [5, 5.41) is 10.6. The molecule has 8 nitrogen and oxygen atoms in total. The van der Waals surface area contributed by atoms with Gasteiger partial charge in [-0.3, -0.25) is 10.1 Å². The van der Waals surface area contributed by atoms with E-state index < -0.39 is 26.6 Å². The van der Waals surface area contributed by atoms with Gasteiger partial charge in [0.05, 0.1) is 16.4 Å². The molecule has 1 aliphatic rings. The van der Waals surface area contributed by atoms with Gasteiger partial charge in [0, 0.05) is 12.1 Å². The number of amides is 1. The van der Waals surface area contributed by atoms with Gasteiger partial charge in [0.2, 0.25) is 0 Å². The largest absolute Gasteiger partial charge is 0.432 e. The fraction of sp³-hybridized carbons (Fsp3) is 0.154. The molecule has 22 heavy (non-hydrogen) atoms. The van der Waals surface area contributed by atoms with Gasteiger partial charge < -0.3 is 4.74 Å². The molecule has 0 aliphatic carbocycles. The molecule has 0 spiro atoms. The highest BCUT2D eigenvalue weighted by Gasteiger charge is 2.46. The minimum absolute atomic E-state index is 0.251. The number of carbonyl (C=O) groups is 1. The third kappa shape index (κ3) is 2.46. The minimum atomic E-state index is -4.18. The Hall–Kier alpha value is -2.68. The zero-order valence-corrected chi connectivity index (χ0v) is 12.2. The summed E-state index contributed by atoms with van der Waals surface area (Å²) in [6.07, 6.45) is 1.50. The first-order chi connectivity index (χ1) is 10.3.